The van der Waals surface area contributed by atoms with Gasteiger partial charge in [0, 0.05) is 24.5 Å². The first-order valence-electron chi connectivity index (χ1n) is 9.06. The molecule has 0 aromatic heterocycles. The Morgan fingerprint density at radius 2 is 2.10 bits per heavy atom. The van der Waals surface area contributed by atoms with Crippen molar-refractivity contribution in [2.45, 2.75) is 37.5 Å². The Balaban J connectivity index is 1.62. The topological polar surface area (TPSA) is 98.2 Å². The molecule has 0 bridgehead atoms. The number of amides is 2. The second-order valence-corrected chi connectivity index (χ2v) is 6.69. The molecule has 2 unspecified atom stereocenters. The standard InChI is InChI=1S/C19H21F2N3O5/c1-3-19(9-15(23-29-19)11-5-12(20)7-13(21)6-11)18(26)22-14-8-16(27-10-14)17(25)24-28-4-2/h3,5-7,14,16H,1,4,8-10H2,2H3,(H,22,26)(H,24,25)/t14?,16?,19-/m1/s1. The molecule has 2 aliphatic heterocycles. The Kier molecular flexibility index (Phi) is 6.23. The van der Waals surface area contributed by atoms with Crippen molar-refractivity contribution >= 4 is 17.5 Å². The second kappa shape index (κ2) is 8.66. The Labute approximate surface area is 165 Å². The van der Waals surface area contributed by atoms with Gasteiger partial charge in [-0.2, -0.15) is 0 Å². The normalized spacial score (nSPS) is 25.8. The van der Waals surface area contributed by atoms with Crippen molar-refractivity contribution in [3.05, 3.63) is 48.1 Å². The highest BCUT2D eigenvalue weighted by Crippen LogP contribution is 2.29. The van der Waals surface area contributed by atoms with Crippen molar-refractivity contribution in [3.63, 3.8) is 0 Å². The summed E-state index contributed by atoms with van der Waals surface area (Å²) in [4.78, 5) is 34.8. The van der Waals surface area contributed by atoms with Crippen molar-refractivity contribution in [1.82, 2.24) is 10.8 Å². The van der Waals surface area contributed by atoms with Crippen LogP contribution in [-0.4, -0.2) is 48.5 Å². The van der Waals surface area contributed by atoms with E-state index >= 15 is 0 Å². The maximum Gasteiger partial charge on any atom is 0.272 e. The smallest absolute Gasteiger partial charge is 0.272 e. The molecule has 10 heteroatoms. The first-order valence-corrected chi connectivity index (χ1v) is 9.06. The summed E-state index contributed by atoms with van der Waals surface area (Å²) in [6.45, 7) is 5.80. The van der Waals surface area contributed by atoms with E-state index in [-0.39, 0.29) is 30.7 Å². The van der Waals surface area contributed by atoms with Crippen LogP contribution in [-0.2, 0) is 24.0 Å². The second-order valence-electron chi connectivity index (χ2n) is 6.69. The third kappa shape index (κ3) is 4.60. The third-order valence-corrected chi connectivity index (χ3v) is 4.60. The number of hydrogen-bond acceptors (Lipinski definition) is 6. The average Bonchev–Trinajstić information content (AvgIpc) is 3.33. The lowest BCUT2D eigenvalue weighted by Gasteiger charge is -2.23. The number of halogens is 2. The number of hydroxylamine groups is 1. The largest absolute Gasteiger partial charge is 0.374 e. The highest BCUT2D eigenvalue weighted by Gasteiger charge is 2.46. The third-order valence-electron chi connectivity index (χ3n) is 4.60. The van der Waals surface area contributed by atoms with Gasteiger partial charge in [0.25, 0.3) is 11.8 Å². The summed E-state index contributed by atoms with van der Waals surface area (Å²) in [6, 6.07) is 2.52. The van der Waals surface area contributed by atoms with Crippen molar-refractivity contribution in [1.29, 1.82) is 0 Å². The van der Waals surface area contributed by atoms with Crippen LogP contribution in [0.25, 0.3) is 0 Å². The van der Waals surface area contributed by atoms with Crippen LogP contribution in [0.4, 0.5) is 8.78 Å². The Morgan fingerprint density at radius 3 is 2.76 bits per heavy atom. The fourth-order valence-electron chi connectivity index (χ4n) is 3.08. The lowest BCUT2D eigenvalue weighted by Crippen LogP contribution is -2.49. The fourth-order valence-corrected chi connectivity index (χ4v) is 3.08. The minimum Gasteiger partial charge on any atom is -0.374 e. The zero-order chi connectivity index (χ0) is 21.0. The Hall–Kier alpha value is -2.85. The number of nitrogens with zero attached hydrogens (tertiary/aromatic N) is 1. The predicted molar refractivity (Wildman–Crippen MR) is 97.6 cm³/mol. The van der Waals surface area contributed by atoms with Crippen LogP contribution >= 0.6 is 0 Å². The van der Waals surface area contributed by atoms with Gasteiger partial charge in [-0.05, 0) is 25.1 Å². The summed E-state index contributed by atoms with van der Waals surface area (Å²) in [5.41, 5.74) is 1.13. The van der Waals surface area contributed by atoms with E-state index in [9.17, 15) is 18.4 Å². The number of nitrogens with one attached hydrogen (secondary N) is 2. The molecular weight excluding hydrogens is 388 g/mol. The van der Waals surface area contributed by atoms with Crippen molar-refractivity contribution in [3.8, 4) is 0 Å². The number of benzene rings is 1. The van der Waals surface area contributed by atoms with E-state index in [1.54, 1.807) is 6.92 Å². The molecule has 0 aliphatic carbocycles. The Morgan fingerprint density at radius 1 is 1.38 bits per heavy atom. The molecule has 1 saturated heterocycles. The number of carbonyl (C=O) groups is 2. The summed E-state index contributed by atoms with van der Waals surface area (Å²) in [6.07, 6.45) is 0.732. The maximum absolute atomic E-state index is 13.5. The molecule has 0 radical (unpaired) electrons. The predicted octanol–water partition coefficient (Wildman–Crippen LogP) is 1.36. The van der Waals surface area contributed by atoms with Crippen molar-refractivity contribution in [2.24, 2.45) is 5.16 Å². The van der Waals surface area contributed by atoms with Crippen LogP contribution in [0.1, 0.15) is 25.3 Å². The molecule has 1 aromatic rings. The summed E-state index contributed by atoms with van der Waals surface area (Å²) in [7, 11) is 0. The van der Waals surface area contributed by atoms with Crippen LogP contribution in [0.2, 0.25) is 0 Å². The molecule has 29 heavy (non-hydrogen) atoms. The molecule has 3 atom stereocenters. The van der Waals surface area contributed by atoms with Gasteiger partial charge in [0.05, 0.1) is 25.0 Å². The maximum atomic E-state index is 13.5. The molecule has 2 amide bonds. The zero-order valence-electron chi connectivity index (χ0n) is 15.7. The summed E-state index contributed by atoms with van der Waals surface area (Å²) >= 11 is 0. The van der Waals surface area contributed by atoms with Gasteiger partial charge in [0.1, 0.15) is 17.7 Å². The van der Waals surface area contributed by atoms with Crippen LogP contribution in [0.15, 0.2) is 36.0 Å². The molecule has 2 aliphatic rings. The van der Waals surface area contributed by atoms with Crippen molar-refractivity contribution in [2.75, 3.05) is 13.2 Å². The molecule has 1 aromatic carbocycles. The van der Waals surface area contributed by atoms with E-state index in [2.05, 4.69) is 22.5 Å². The molecule has 2 heterocycles. The van der Waals surface area contributed by atoms with Crippen molar-refractivity contribution < 1.29 is 32.8 Å². The minimum atomic E-state index is -1.52. The van der Waals surface area contributed by atoms with E-state index in [0.717, 1.165) is 18.2 Å². The first kappa shape index (κ1) is 20.9. The average molecular weight is 409 g/mol. The molecule has 3 rings (SSSR count). The van der Waals surface area contributed by atoms with Gasteiger partial charge in [-0.15, -0.1) is 0 Å². The number of carbonyl (C=O) groups excluding carboxylic acids is 2. The van der Waals surface area contributed by atoms with Crippen LogP contribution < -0.4 is 10.8 Å². The van der Waals surface area contributed by atoms with E-state index in [1.165, 1.54) is 6.08 Å². The van der Waals surface area contributed by atoms with Gasteiger partial charge < -0.3 is 14.9 Å². The fraction of sp³-hybridized carbons (Fsp3) is 0.421. The number of ether oxygens (including phenoxy) is 1. The summed E-state index contributed by atoms with van der Waals surface area (Å²) < 4.78 is 32.3. The molecule has 8 nitrogen and oxygen atoms in total. The monoisotopic (exact) mass is 409 g/mol. The minimum absolute atomic E-state index is 0.0486. The number of rotatable bonds is 7. The molecule has 0 spiro atoms. The lowest BCUT2D eigenvalue weighted by molar-refractivity contribution is -0.142. The van der Waals surface area contributed by atoms with Gasteiger partial charge in [-0.25, -0.2) is 14.3 Å². The van der Waals surface area contributed by atoms with E-state index in [4.69, 9.17) is 14.4 Å². The summed E-state index contributed by atoms with van der Waals surface area (Å²) in [5.74, 6) is -2.49. The van der Waals surface area contributed by atoms with Gasteiger partial charge in [-0.3, -0.25) is 14.4 Å². The highest BCUT2D eigenvalue weighted by atomic mass is 19.1. The van der Waals surface area contributed by atoms with E-state index in [1.807, 2.05) is 0 Å². The Bertz CT molecular complexity index is 827. The molecule has 2 N–H and O–H groups in total. The van der Waals surface area contributed by atoms with Gasteiger partial charge >= 0.3 is 0 Å². The van der Waals surface area contributed by atoms with Gasteiger partial charge in [-0.1, -0.05) is 11.7 Å². The first-order chi connectivity index (χ1) is 13.9. The molecule has 1 fully saturated rings. The number of oxime groups is 1. The number of hydrogen-bond donors (Lipinski definition) is 2. The van der Waals surface area contributed by atoms with Gasteiger partial charge in [0.15, 0.2) is 0 Å². The van der Waals surface area contributed by atoms with Gasteiger partial charge in [0.2, 0.25) is 5.60 Å². The summed E-state index contributed by atoms with van der Waals surface area (Å²) in [5, 5.41) is 6.57. The van der Waals surface area contributed by atoms with Crippen LogP contribution in [0.5, 0.6) is 0 Å². The van der Waals surface area contributed by atoms with Crippen LogP contribution in [0.3, 0.4) is 0 Å². The van der Waals surface area contributed by atoms with E-state index < -0.39 is 41.2 Å². The van der Waals surface area contributed by atoms with Crippen LogP contribution in [0, 0.1) is 11.6 Å². The molecular formula is C19H21F2N3O5. The van der Waals surface area contributed by atoms with E-state index in [0.29, 0.717) is 6.61 Å². The molecule has 0 saturated carbocycles. The zero-order valence-corrected chi connectivity index (χ0v) is 15.7. The quantitative estimate of drug-likeness (QED) is 0.523. The SMILES string of the molecule is C=C[C@]1(C(=O)NC2COC(C(=O)NOCC)C2)CC(c2cc(F)cc(F)c2)=NO1. The highest BCUT2D eigenvalue weighted by molar-refractivity contribution is 6.06. The lowest BCUT2D eigenvalue weighted by atomic mass is 9.92. The molecule has 156 valence electrons.